The van der Waals surface area contributed by atoms with E-state index in [1.165, 1.54) is 36.8 Å². The Morgan fingerprint density at radius 3 is 2.39 bits per heavy atom. The number of benzene rings is 1. The molecule has 0 spiro atoms. The molecule has 1 saturated carbocycles. The monoisotopic (exact) mass is 246 g/mol. The predicted octanol–water partition coefficient (Wildman–Crippen LogP) is 4.48. The first-order chi connectivity index (χ1) is 8.55. The van der Waals surface area contributed by atoms with Crippen LogP contribution in [0.25, 0.3) is 0 Å². The Kier molecular flexibility index (Phi) is 4.11. The minimum atomic E-state index is -0.567. The zero-order valence-corrected chi connectivity index (χ0v) is 12.0. The van der Waals surface area contributed by atoms with Crippen LogP contribution in [0.2, 0.25) is 0 Å². The van der Waals surface area contributed by atoms with Crippen molar-refractivity contribution < 1.29 is 5.11 Å². The van der Waals surface area contributed by atoms with E-state index in [1.807, 2.05) is 0 Å². The van der Waals surface area contributed by atoms with Gasteiger partial charge in [-0.1, -0.05) is 38.0 Å². The molecule has 0 aliphatic heterocycles. The van der Waals surface area contributed by atoms with Crippen molar-refractivity contribution in [2.24, 2.45) is 5.92 Å². The molecule has 1 aromatic rings. The molecule has 0 aromatic heterocycles. The quantitative estimate of drug-likeness (QED) is 0.833. The van der Waals surface area contributed by atoms with Gasteiger partial charge >= 0.3 is 0 Å². The number of rotatable bonds is 3. The summed E-state index contributed by atoms with van der Waals surface area (Å²) in [7, 11) is 0. The van der Waals surface area contributed by atoms with Crippen molar-refractivity contribution in [3.63, 3.8) is 0 Å². The van der Waals surface area contributed by atoms with Crippen LogP contribution in [0.1, 0.15) is 62.1 Å². The van der Waals surface area contributed by atoms with Crippen molar-refractivity contribution in [3.8, 4) is 0 Å². The first-order valence-corrected chi connectivity index (χ1v) is 7.35. The average Bonchev–Trinajstić information content (AvgIpc) is 2.36. The topological polar surface area (TPSA) is 20.2 Å². The van der Waals surface area contributed by atoms with E-state index in [2.05, 4.69) is 39.0 Å². The Balaban J connectivity index is 2.10. The lowest BCUT2D eigenvalue weighted by molar-refractivity contribution is -0.0152. The Labute approximate surface area is 111 Å². The molecule has 1 aliphatic rings. The normalized spacial score (nSPS) is 28.3. The summed E-state index contributed by atoms with van der Waals surface area (Å²) in [5.41, 5.74) is 3.15. The molecular weight excluding hydrogens is 220 g/mol. The second kappa shape index (κ2) is 5.44. The minimum absolute atomic E-state index is 0.567. The fraction of sp³-hybridized carbons (Fsp3) is 0.647. The van der Waals surface area contributed by atoms with Crippen molar-refractivity contribution in [1.82, 2.24) is 0 Å². The van der Waals surface area contributed by atoms with E-state index in [0.717, 1.165) is 24.3 Å². The van der Waals surface area contributed by atoms with Crippen LogP contribution < -0.4 is 0 Å². The second-order valence-corrected chi connectivity index (χ2v) is 6.06. The molecule has 1 N–H and O–H groups in total. The summed E-state index contributed by atoms with van der Waals surface area (Å²) in [5.74, 6) is 0.835. The van der Waals surface area contributed by atoms with Gasteiger partial charge in [0.1, 0.15) is 0 Å². The van der Waals surface area contributed by atoms with Gasteiger partial charge in [-0.3, -0.25) is 0 Å². The molecule has 0 unspecified atom stereocenters. The van der Waals surface area contributed by atoms with E-state index in [-0.39, 0.29) is 0 Å². The van der Waals surface area contributed by atoms with Gasteiger partial charge in [-0.05, 0) is 62.1 Å². The van der Waals surface area contributed by atoms with Gasteiger partial charge in [-0.2, -0.15) is 0 Å². The van der Waals surface area contributed by atoms with Crippen LogP contribution >= 0.6 is 0 Å². The predicted molar refractivity (Wildman–Crippen MR) is 76.7 cm³/mol. The molecule has 0 radical (unpaired) electrons. The Morgan fingerprint density at radius 1 is 1.17 bits per heavy atom. The molecule has 2 rings (SSSR count). The molecule has 0 saturated heterocycles. The van der Waals surface area contributed by atoms with Crippen molar-refractivity contribution in [2.45, 2.75) is 64.9 Å². The largest absolute Gasteiger partial charge is 0.385 e. The van der Waals surface area contributed by atoms with Crippen LogP contribution in [0.15, 0.2) is 18.2 Å². The first kappa shape index (κ1) is 13.6. The molecule has 1 nitrogen and oxygen atoms in total. The lowest BCUT2D eigenvalue weighted by Crippen LogP contribution is -2.31. The van der Waals surface area contributed by atoms with Gasteiger partial charge in [0.05, 0.1) is 5.60 Å². The van der Waals surface area contributed by atoms with Crippen LogP contribution in [0.3, 0.4) is 0 Å². The van der Waals surface area contributed by atoms with Gasteiger partial charge in [-0.15, -0.1) is 0 Å². The SMILES string of the molecule is CCCC1CCC(O)(c2ccc(C)c(C)c2)CC1. The third-order valence-corrected chi connectivity index (χ3v) is 4.67. The highest BCUT2D eigenvalue weighted by molar-refractivity contribution is 5.33. The highest BCUT2D eigenvalue weighted by Crippen LogP contribution is 2.41. The Hall–Kier alpha value is -0.820. The minimum Gasteiger partial charge on any atom is -0.385 e. The van der Waals surface area contributed by atoms with Crippen LogP contribution in [-0.2, 0) is 5.60 Å². The molecule has 1 fully saturated rings. The summed E-state index contributed by atoms with van der Waals surface area (Å²) in [6.45, 7) is 6.51. The highest BCUT2D eigenvalue weighted by Gasteiger charge is 2.34. The van der Waals surface area contributed by atoms with E-state index in [0.29, 0.717) is 0 Å². The fourth-order valence-corrected chi connectivity index (χ4v) is 3.17. The maximum absolute atomic E-state index is 10.8. The lowest BCUT2D eigenvalue weighted by Gasteiger charge is -2.36. The summed E-state index contributed by atoms with van der Waals surface area (Å²) in [4.78, 5) is 0. The fourth-order valence-electron chi connectivity index (χ4n) is 3.17. The number of hydrogen-bond donors (Lipinski definition) is 1. The van der Waals surface area contributed by atoms with Crippen LogP contribution in [0.4, 0.5) is 0 Å². The molecule has 0 bridgehead atoms. The highest BCUT2D eigenvalue weighted by atomic mass is 16.3. The van der Waals surface area contributed by atoms with E-state index < -0.39 is 5.60 Å². The Bertz CT molecular complexity index is 400. The maximum Gasteiger partial charge on any atom is 0.0896 e. The third kappa shape index (κ3) is 2.77. The second-order valence-electron chi connectivity index (χ2n) is 6.06. The Morgan fingerprint density at radius 2 is 1.83 bits per heavy atom. The first-order valence-electron chi connectivity index (χ1n) is 7.35. The summed E-state index contributed by atoms with van der Waals surface area (Å²) in [5, 5.41) is 10.8. The zero-order valence-electron chi connectivity index (χ0n) is 12.0. The van der Waals surface area contributed by atoms with Crippen molar-refractivity contribution in [3.05, 3.63) is 34.9 Å². The summed E-state index contributed by atoms with van der Waals surface area (Å²) in [6, 6.07) is 6.43. The van der Waals surface area contributed by atoms with E-state index in [1.54, 1.807) is 0 Å². The van der Waals surface area contributed by atoms with E-state index in [4.69, 9.17) is 0 Å². The van der Waals surface area contributed by atoms with Crippen LogP contribution in [0.5, 0.6) is 0 Å². The number of aliphatic hydroxyl groups is 1. The zero-order chi connectivity index (χ0) is 13.2. The maximum atomic E-state index is 10.8. The van der Waals surface area contributed by atoms with Crippen molar-refractivity contribution >= 4 is 0 Å². The summed E-state index contributed by atoms with van der Waals surface area (Å²) < 4.78 is 0. The van der Waals surface area contributed by atoms with Crippen molar-refractivity contribution in [1.29, 1.82) is 0 Å². The van der Waals surface area contributed by atoms with E-state index in [9.17, 15) is 5.11 Å². The molecule has 0 amide bonds. The molecule has 1 aliphatic carbocycles. The molecule has 1 heteroatoms. The number of hydrogen-bond acceptors (Lipinski definition) is 1. The van der Waals surface area contributed by atoms with Crippen LogP contribution in [-0.4, -0.2) is 5.11 Å². The summed E-state index contributed by atoms with van der Waals surface area (Å²) >= 11 is 0. The lowest BCUT2D eigenvalue weighted by atomic mass is 9.74. The van der Waals surface area contributed by atoms with Gasteiger partial charge in [0.15, 0.2) is 0 Å². The smallest absolute Gasteiger partial charge is 0.0896 e. The number of aryl methyl sites for hydroxylation is 2. The van der Waals surface area contributed by atoms with Gasteiger partial charge < -0.3 is 5.11 Å². The molecule has 0 heterocycles. The van der Waals surface area contributed by atoms with E-state index >= 15 is 0 Å². The average molecular weight is 246 g/mol. The molecule has 1 aromatic carbocycles. The standard InChI is InChI=1S/C17H26O/c1-4-5-15-8-10-17(18,11-9-15)16-7-6-13(2)14(3)12-16/h6-7,12,15,18H,4-5,8-11H2,1-3H3. The van der Waals surface area contributed by atoms with Gasteiger partial charge in [0, 0.05) is 0 Å². The molecule has 100 valence electrons. The third-order valence-electron chi connectivity index (χ3n) is 4.67. The summed E-state index contributed by atoms with van der Waals surface area (Å²) in [6.07, 6.45) is 6.81. The van der Waals surface area contributed by atoms with Gasteiger partial charge in [-0.25, -0.2) is 0 Å². The van der Waals surface area contributed by atoms with Crippen LogP contribution in [0, 0.1) is 19.8 Å². The van der Waals surface area contributed by atoms with Gasteiger partial charge in [0.2, 0.25) is 0 Å². The molecule has 18 heavy (non-hydrogen) atoms. The van der Waals surface area contributed by atoms with Crippen molar-refractivity contribution in [2.75, 3.05) is 0 Å². The molecular formula is C17H26O. The van der Waals surface area contributed by atoms with Gasteiger partial charge in [0.25, 0.3) is 0 Å². The molecule has 0 atom stereocenters.